The molecule has 0 aliphatic carbocycles. The monoisotopic (exact) mass is 321 g/mol. The molecule has 2 atom stereocenters. The van der Waals surface area contributed by atoms with Gasteiger partial charge in [0, 0.05) is 11.4 Å². The van der Waals surface area contributed by atoms with Gasteiger partial charge in [-0.05, 0) is 33.6 Å². The molecule has 1 fully saturated rings. The molecule has 0 spiro atoms. The van der Waals surface area contributed by atoms with E-state index in [1.165, 1.54) is 12.0 Å². The van der Waals surface area contributed by atoms with E-state index in [4.69, 9.17) is 9.47 Å². The van der Waals surface area contributed by atoms with Gasteiger partial charge in [-0.3, -0.25) is 4.90 Å². The van der Waals surface area contributed by atoms with Crippen LogP contribution in [0.5, 0.6) is 0 Å². The molecule has 1 aliphatic heterocycles. The third-order valence-electron chi connectivity index (χ3n) is 2.64. The number of carbonyl (C=O) groups excluding carboxylic acids is 2. The van der Waals surface area contributed by atoms with Gasteiger partial charge < -0.3 is 9.47 Å². The number of carbonyl (C=O) groups is 2. The summed E-state index contributed by atoms with van der Waals surface area (Å²) in [4.78, 5) is 25.4. The summed E-state index contributed by atoms with van der Waals surface area (Å²) in [5.41, 5.74) is -0.566. The lowest BCUT2D eigenvalue weighted by Gasteiger charge is -2.36. The lowest BCUT2D eigenvalue weighted by atomic mass is 10.0. The van der Waals surface area contributed by atoms with Crippen LogP contribution in [0.3, 0.4) is 0 Å². The smallest absolute Gasteiger partial charge is 0.411 e. The number of methoxy groups -OCH3 is 1. The largest absolute Gasteiger partial charge is 0.467 e. The molecule has 1 amide bonds. The molecule has 1 heterocycles. The van der Waals surface area contributed by atoms with Crippen molar-refractivity contribution in [2.24, 2.45) is 0 Å². The summed E-state index contributed by atoms with van der Waals surface area (Å²) in [6.45, 7) is 5.89. The standard InChI is InChI=1S/C12H20BrNO4/c1-12(2,3)18-11(16)14-6-5-8(13)7-9(14)10(15)17-4/h8-9H,5-7H2,1-4H3. The molecule has 0 aromatic carbocycles. The van der Waals surface area contributed by atoms with Crippen molar-refractivity contribution in [1.82, 2.24) is 4.90 Å². The highest BCUT2D eigenvalue weighted by Gasteiger charge is 2.38. The second kappa shape index (κ2) is 5.91. The summed E-state index contributed by atoms with van der Waals surface area (Å²) >= 11 is 3.48. The minimum Gasteiger partial charge on any atom is -0.467 e. The molecule has 0 saturated carbocycles. The third kappa shape index (κ3) is 4.15. The Bertz CT molecular complexity index is 327. The van der Waals surface area contributed by atoms with Crippen molar-refractivity contribution in [3.8, 4) is 0 Å². The van der Waals surface area contributed by atoms with Crippen molar-refractivity contribution in [2.45, 2.75) is 50.1 Å². The van der Waals surface area contributed by atoms with Crippen LogP contribution in [0.2, 0.25) is 0 Å². The van der Waals surface area contributed by atoms with Crippen molar-refractivity contribution in [3.63, 3.8) is 0 Å². The molecule has 1 saturated heterocycles. The number of alkyl halides is 1. The molecule has 2 unspecified atom stereocenters. The van der Waals surface area contributed by atoms with Crippen LogP contribution in [0, 0.1) is 0 Å². The Kier molecular flexibility index (Phi) is 5.01. The number of nitrogens with zero attached hydrogens (tertiary/aromatic N) is 1. The van der Waals surface area contributed by atoms with Gasteiger partial charge in [-0.25, -0.2) is 9.59 Å². The van der Waals surface area contributed by atoms with Crippen LogP contribution in [0.4, 0.5) is 4.79 Å². The first-order valence-corrected chi connectivity index (χ1v) is 6.87. The van der Waals surface area contributed by atoms with Crippen molar-refractivity contribution >= 4 is 28.0 Å². The summed E-state index contributed by atoms with van der Waals surface area (Å²) in [5.74, 6) is -0.398. The molecule has 0 radical (unpaired) electrons. The van der Waals surface area contributed by atoms with Gasteiger partial charge in [0.15, 0.2) is 0 Å². The van der Waals surface area contributed by atoms with Crippen molar-refractivity contribution < 1.29 is 19.1 Å². The Balaban J connectivity index is 2.77. The van der Waals surface area contributed by atoms with Gasteiger partial charge in [-0.1, -0.05) is 15.9 Å². The first kappa shape index (κ1) is 15.3. The summed E-state index contributed by atoms with van der Waals surface area (Å²) < 4.78 is 10.0. The van der Waals surface area contributed by atoms with E-state index in [1.807, 2.05) is 0 Å². The summed E-state index contributed by atoms with van der Waals surface area (Å²) in [7, 11) is 1.33. The molecule has 1 aliphatic rings. The van der Waals surface area contributed by atoms with Gasteiger partial charge in [-0.2, -0.15) is 0 Å². The highest BCUT2D eigenvalue weighted by Crippen LogP contribution is 2.25. The lowest BCUT2D eigenvalue weighted by Crippen LogP contribution is -2.52. The quantitative estimate of drug-likeness (QED) is 0.549. The maximum atomic E-state index is 12.0. The number of piperidine rings is 1. The zero-order chi connectivity index (χ0) is 13.9. The molecule has 0 bridgehead atoms. The predicted octanol–water partition coefficient (Wildman–Crippen LogP) is 2.32. The third-order valence-corrected chi connectivity index (χ3v) is 3.47. The number of amides is 1. The minimum absolute atomic E-state index is 0.222. The average Bonchev–Trinajstić information content (AvgIpc) is 2.25. The molecule has 104 valence electrons. The lowest BCUT2D eigenvalue weighted by molar-refractivity contribution is -0.147. The summed E-state index contributed by atoms with van der Waals surface area (Å²) in [5, 5.41) is 0. The SMILES string of the molecule is COC(=O)C1CC(Br)CCN1C(=O)OC(C)(C)C. The van der Waals surface area contributed by atoms with Crippen LogP contribution in [0.25, 0.3) is 0 Å². The number of ether oxygens (including phenoxy) is 2. The van der Waals surface area contributed by atoms with Gasteiger partial charge in [0.25, 0.3) is 0 Å². The number of esters is 1. The first-order valence-electron chi connectivity index (χ1n) is 5.96. The summed E-state index contributed by atoms with van der Waals surface area (Å²) in [6.07, 6.45) is 0.885. The number of hydrogen-bond donors (Lipinski definition) is 0. The predicted molar refractivity (Wildman–Crippen MR) is 70.7 cm³/mol. The van der Waals surface area contributed by atoms with E-state index in [-0.39, 0.29) is 4.83 Å². The van der Waals surface area contributed by atoms with Gasteiger partial charge in [0.2, 0.25) is 0 Å². The van der Waals surface area contributed by atoms with Crippen LogP contribution in [0.15, 0.2) is 0 Å². The van der Waals surface area contributed by atoms with Crippen molar-refractivity contribution in [3.05, 3.63) is 0 Å². The second-order valence-electron chi connectivity index (χ2n) is 5.33. The fourth-order valence-corrected chi connectivity index (χ4v) is 2.38. The van der Waals surface area contributed by atoms with Crippen LogP contribution in [-0.4, -0.2) is 47.1 Å². The van der Waals surface area contributed by atoms with E-state index in [0.29, 0.717) is 13.0 Å². The highest BCUT2D eigenvalue weighted by molar-refractivity contribution is 9.09. The van der Waals surface area contributed by atoms with Crippen LogP contribution in [0.1, 0.15) is 33.6 Å². The van der Waals surface area contributed by atoms with E-state index in [9.17, 15) is 9.59 Å². The van der Waals surface area contributed by atoms with E-state index in [0.717, 1.165) is 6.42 Å². The average molecular weight is 322 g/mol. The van der Waals surface area contributed by atoms with E-state index >= 15 is 0 Å². The molecular weight excluding hydrogens is 302 g/mol. The minimum atomic E-state index is -0.567. The molecule has 0 aromatic heterocycles. The van der Waals surface area contributed by atoms with Crippen LogP contribution >= 0.6 is 15.9 Å². The van der Waals surface area contributed by atoms with Crippen LogP contribution in [-0.2, 0) is 14.3 Å². The number of likely N-dealkylation sites (tertiary alicyclic amines) is 1. The number of rotatable bonds is 1. The van der Waals surface area contributed by atoms with E-state index in [2.05, 4.69) is 15.9 Å². The first-order chi connectivity index (χ1) is 8.24. The van der Waals surface area contributed by atoms with Crippen molar-refractivity contribution in [1.29, 1.82) is 0 Å². The second-order valence-corrected chi connectivity index (χ2v) is 6.63. The van der Waals surface area contributed by atoms with Crippen LogP contribution < -0.4 is 0 Å². The molecule has 18 heavy (non-hydrogen) atoms. The van der Waals surface area contributed by atoms with E-state index in [1.54, 1.807) is 20.8 Å². The fraction of sp³-hybridized carbons (Fsp3) is 0.833. The summed E-state index contributed by atoms with van der Waals surface area (Å²) in [6, 6.07) is -0.567. The Morgan fingerprint density at radius 1 is 1.33 bits per heavy atom. The zero-order valence-electron chi connectivity index (χ0n) is 11.2. The number of halogens is 1. The van der Waals surface area contributed by atoms with Gasteiger partial charge >= 0.3 is 12.1 Å². The van der Waals surface area contributed by atoms with E-state index < -0.39 is 23.7 Å². The Morgan fingerprint density at radius 2 is 1.94 bits per heavy atom. The van der Waals surface area contributed by atoms with Gasteiger partial charge in [0.1, 0.15) is 11.6 Å². The molecule has 1 rings (SSSR count). The molecule has 5 nitrogen and oxygen atoms in total. The van der Waals surface area contributed by atoms with Crippen molar-refractivity contribution in [2.75, 3.05) is 13.7 Å². The zero-order valence-corrected chi connectivity index (χ0v) is 12.8. The maximum Gasteiger partial charge on any atom is 0.411 e. The Morgan fingerprint density at radius 3 is 2.44 bits per heavy atom. The molecule has 6 heteroatoms. The Labute approximate surface area is 116 Å². The topological polar surface area (TPSA) is 55.8 Å². The number of hydrogen-bond acceptors (Lipinski definition) is 4. The molecular formula is C12H20BrNO4. The van der Waals surface area contributed by atoms with Gasteiger partial charge in [0.05, 0.1) is 7.11 Å². The Hall–Kier alpha value is -0.780. The fourth-order valence-electron chi connectivity index (χ4n) is 1.82. The molecule has 0 aromatic rings. The molecule has 0 N–H and O–H groups in total. The normalized spacial score (nSPS) is 24.6. The van der Waals surface area contributed by atoms with Gasteiger partial charge in [-0.15, -0.1) is 0 Å². The highest BCUT2D eigenvalue weighted by atomic mass is 79.9. The maximum absolute atomic E-state index is 12.0.